The van der Waals surface area contributed by atoms with Gasteiger partial charge in [-0.05, 0) is 48.5 Å². The normalized spacial score (nSPS) is 10.3. The molecule has 26 heavy (non-hydrogen) atoms. The van der Waals surface area contributed by atoms with Gasteiger partial charge in [0, 0.05) is 22.4 Å². The lowest BCUT2D eigenvalue weighted by atomic mass is 10.2. The first-order valence-electron chi connectivity index (χ1n) is 7.60. The summed E-state index contributed by atoms with van der Waals surface area (Å²) in [4.78, 5) is 16.7. The van der Waals surface area contributed by atoms with E-state index in [4.69, 9.17) is 9.47 Å². The number of halogens is 2. The number of anilines is 1. The second kappa shape index (κ2) is 7.97. The Morgan fingerprint density at radius 2 is 1.92 bits per heavy atom. The maximum absolute atomic E-state index is 13.8. The lowest BCUT2D eigenvalue weighted by Crippen LogP contribution is -2.13. The zero-order valence-corrected chi connectivity index (χ0v) is 15.3. The minimum atomic E-state index is -0.567. The number of carbonyl (C=O) groups excluding carboxylic acids is 1. The molecule has 7 heteroatoms. The molecule has 1 heterocycles. The third kappa shape index (κ3) is 4.18. The van der Waals surface area contributed by atoms with Crippen molar-refractivity contribution in [3.63, 3.8) is 0 Å². The molecule has 1 N–H and O–H groups in total. The molecule has 0 aliphatic rings. The van der Waals surface area contributed by atoms with Crippen molar-refractivity contribution in [3.05, 3.63) is 76.6 Å². The summed E-state index contributed by atoms with van der Waals surface area (Å²) < 4.78 is 25.3. The quantitative estimate of drug-likeness (QED) is 0.632. The van der Waals surface area contributed by atoms with Crippen LogP contribution in [-0.2, 0) is 0 Å². The van der Waals surface area contributed by atoms with Gasteiger partial charge in [0.15, 0.2) is 11.6 Å². The van der Waals surface area contributed by atoms with Crippen LogP contribution in [0.15, 0.2) is 65.3 Å². The molecule has 1 aromatic heterocycles. The molecule has 0 aliphatic heterocycles. The maximum atomic E-state index is 13.8. The first-order chi connectivity index (χ1) is 12.6. The summed E-state index contributed by atoms with van der Waals surface area (Å²) in [6, 6.07) is 14.5. The van der Waals surface area contributed by atoms with Crippen LogP contribution in [0, 0.1) is 5.82 Å². The molecule has 1 amide bonds. The molecule has 0 saturated carbocycles. The Labute approximate surface area is 157 Å². The summed E-state index contributed by atoms with van der Waals surface area (Å²) >= 11 is 3.35. The van der Waals surface area contributed by atoms with Crippen molar-refractivity contribution < 1.29 is 18.7 Å². The van der Waals surface area contributed by atoms with Crippen LogP contribution in [0.25, 0.3) is 0 Å². The molecular formula is C19H14BrFN2O3. The summed E-state index contributed by atoms with van der Waals surface area (Å²) in [5.74, 6) is -0.237. The van der Waals surface area contributed by atoms with Crippen molar-refractivity contribution in [2.75, 3.05) is 12.4 Å². The van der Waals surface area contributed by atoms with Crippen LogP contribution in [0.5, 0.6) is 17.4 Å². The van der Waals surface area contributed by atoms with Gasteiger partial charge in [-0.25, -0.2) is 9.37 Å². The Hall–Kier alpha value is -2.93. The standard InChI is InChI=1S/C19H14BrFN2O3/c1-25-17-9-6-13(11-16(17)21)23-18(24)15-3-2-10-22-19(15)26-14-7-4-12(20)5-8-14/h2-11H,1H3,(H,23,24). The van der Waals surface area contributed by atoms with Crippen molar-refractivity contribution in [2.24, 2.45) is 0 Å². The van der Waals surface area contributed by atoms with E-state index in [0.717, 1.165) is 4.47 Å². The van der Waals surface area contributed by atoms with Crippen molar-refractivity contribution >= 4 is 27.5 Å². The fourth-order valence-electron chi connectivity index (χ4n) is 2.20. The fourth-order valence-corrected chi connectivity index (χ4v) is 2.47. The fraction of sp³-hybridized carbons (Fsp3) is 0.0526. The van der Waals surface area contributed by atoms with Crippen LogP contribution in [0.4, 0.5) is 10.1 Å². The molecule has 3 rings (SSSR count). The molecule has 0 aliphatic carbocycles. The van der Waals surface area contributed by atoms with E-state index in [1.165, 1.54) is 25.4 Å². The first kappa shape index (κ1) is 17.9. The second-order valence-electron chi connectivity index (χ2n) is 5.22. The molecule has 0 bridgehead atoms. The molecule has 0 atom stereocenters. The number of ether oxygens (including phenoxy) is 2. The predicted molar refractivity (Wildman–Crippen MR) is 99.4 cm³/mol. The van der Waals surface area contributed by atoms with Crippen molar-refractivity contribution in [3.8, 4) is 17.4 Å². The lowest BCUT2D eigenvalue weighted by molar-refractivity contribution is 0.102. The zero-order chi connectivity index (χ0) is 18.5. The van der Waals surface area contributed by atoms with Crippen LogP contribution in [0.2, 0.25) is 0 Å². The van der Waals surface area contributed by atoms with Gasteiger partial charge in [-0.15, -0.1) is 0 Å². The van der Waals surface area contributed by atoms with Crippen molar-refractivity contribution in [1.29, 1.82) is 0 Å². The summed E-state index contributed by atoms with van der Waals surface area (Å²) in [6.45, 7) is 0. The highest BCUT2D eigenvalue weighted by Gasteiger charge is 2.15. The van der Waals surface area contributed by atoms with Gasteiger partial charge in [-0.1, -0.05) is 15.9 Å². The minimum Gasteiger partial charge on any atom is -0.494 e. The number of hydrogen-bond donors (Lipinski definition) is 1. The van der Waals surface area contributed by atoms with Crippen LogP contribution < -0.4 is 14.8 Å². The van der Waals surface area contributed by atoms with Crippen LogP contribution >= 0.6 is 15.9 Å². The number of hydrogen-bond acceptors (Lipinski definition) is 4. The first-order valence-corrected chi connectivity index (χ1v) is 8.39. The largest absolute Gasteiger partial charge is 0.494 e. The molecule has 132 valence electrons. The third-order valence-electron chi connectivity index (χ3n) is 3.45. The van der Waals surface area contributed by atoms with E-state index in [-0.39, 0.29) is 17.2 Å². The Morgan fingerprint density at radius 3 is 2.62 bits per heavy atom. The molecule has 0 spiro atoms. The summed E-state index contributed by atoms with van der Waals surface area (Å²) in [5, 5.41) is 2.62. The lowest BCUT2D eigenvalue weighted by Gasteiger charge is -2.11. The average molecular weight is 417 g/mol. The number of nitrogens with zero attached hydrogens (tertiary/aromatic N) is 1. The summed E-state index contributed by atoms with van der Waals surface area (Å²) in [6.07, 6.45) is 1.53. The number of methoxy groups -OCH3 is 1. The Balaban J connectivity index is 1.81. The van der Waals surface area contributed by atoms with E-state index in [9.17, 15) is 9.18 Å². The number of benzene rings is 2. The van der Waals surface area contributed by atoms with Crippen LogP contribution in [0.3, 0.4) is 0 Å². The molecular weight excluding hydrogens is 403 g/mol. The van der Waals surface area contributed by atoms with E-state index in [1.54, 1.807) is 30.3 Å². The van der Waals surface area contributed by atoms with Gasteiger partial charge in [-0.3, -0.25) is 4.79 Å². The van der Waals surface area contributed by atoms with Crippen molar-refractivity contribution in [1.82, 2.24) is 4.98 Å². The van der Waals surface area contributed by atoms with E-state index in [2.05, 4.69) is 26.2 Å². The molecule has 0 saturated heterocycles. The van der Waals surface area contributed by atoms with Gasteiger partial charge in [-0.2, -0.15) is 0 Å². The summed E-state index contributed by atoms with van der Waals surface area (Å²) in [7, 11) is 1.37. The number of carbonyl (C=O) groups is 1. The third-order valence-corrected chi connectivity index (χ3v) is 3.98. The van der Waals surface area contributed by atoms with Gasteiger partial charge in [0.25, 0.3) is 5.91 Å². The SMILES string of the molecule is COc1ccc(NC(=O)c2cccnc2Oc2ccc(Br)cc2)cc1F. The molecule has 0 fully saturated rings. The predicted octanol–water partition coefficient (Wildman–Crippen LogP) is 5.04. The smallest absolute Gasteiger partial charge is 0.261 e. The van der Waals surface area contributed by atoms with Crippen molar-refractivity contribution in [2.45, 2.75) is 0 Å². The number of rotatable bonds is 5. The van der Waals surface area contributed by atoms with Gasteiger partial charge in [0.1, 0.15) is 11.3 Å². The van der Waals surface area contributed by atoms with E-state index in [1.807, 2.05) is 12.1 Å². The van der Waals surface area contributed by atoms with Gasteiger partial charge < -0.3 is 14.8 Å². The average Bonchev–Trinajstić information content (AvgIpc) is 2.64. The molecule has 3 aromatic rings. The zero-order valence-electron chi connectivity index (χ0n) is 13.7. The Bertz CT molecular complexity index is 932. The maximum Gasteiger partial charge on any atom is 0.261 e. The highest BCUT2D eigenvalue weighted by molar-refractivity contribution is 9.10. The Morgan fingerprint density at radius 1 is 1.15 bits per heavy atom. The molecule has 0 radical (unpaired) electrons. The van der Waals surface area contributed by atoms with E-state index in [0.29, 0.717) is 11.4 Å². The number of pyridine rings is 1. The van der Waals surface area contributed by atoms with Gasteiger partial charge in [0.05, 0.1) is 7.11 Å². The topological polar surface area (TPSA) is 60.5 Å². The van der Waals surface area contributed by atoms with Gasteiger partial charge >= 0.3 is 0 Å². The summed E-state index contributed by atoms with van der Waals surface area (Å²) in [5.41, 5.74) is 0.526. The molecule has 5 nitrogen and oxygen atoms in total. The monoisotopic (exact) mass is 416 g/mol. The number of aromatic nitrogens is 1. The highest BCUT2D eigenvalue weighted by Crippen LogP contribution is 2.26. The molecule has 2 aromatic carbocycles. The highest BCUT2D eigenvalue weighted by atomic mass is 79.9. The number of amides is 1. The van der Waals surface area contributed by atoms with E-state index < -0.39 is 11.7 Å². The Kier molecular flexibility index (Phi) is 5.48. The van der Waals surface area contributed by atoms with Crippen LogP contribution in [0.1, 0.15) is 10.4 Å². The van der Waals surface area contributed by atoms with Crippen LogP contribution in [-0.4, -0.2) is 18.0 Å². The second-order valence-corrected chi connectivity index (χ2v) is 6.13. The minimum absolute atomic E-state index is 0.101. The number of nitrogens with one attached hydrogen (secondary N) is 1. The molecule has 0 unspecified atom stereocenters. The van der Waals surface area contributed by atoms with Gasteiger partial charge in [0.2, 0.25) is 5.88 Å². The van der Waals surface area contributed by atoms with E-state index >= 15 is 0 Å².